The molecule has 2 amide bonds. The van der Waals surface area contributed by atoms with Crippen molar-refractivity contribution in [2.24, 2.45) is 5.92 Å². The summed E-state index contributed by atoms with van der Waals surface area (Å²) < 4.78 is 11.2. The molecule has 32 heavy (non-hydrogen) atoms. The monoisotopic (exact) mass is 438 g/mol. The Morgan fingerprint density at radius 1 is 1.03 bits per heavy atom. The molecule has 0 aliphatic carbocycles. The highest BCUT2D eigenvalue weighted by Gasteiger charge is 2.27. The number of para-hydroxylation sites is 2. The van der Waals surface area contributed by atoms with E-state index in [2.05, 4.69) is 20.6 Å². The number of rotatable bonds is 10. The molecule has 2 aromatic carbocycles. The molecule has 8 nitrogen and oxygen atoms in total. The van der Waals surface area contributed by atoms with Crippen molar-refractivity contribution in [2.45, 2.75) is 40.2 Å². The van der Waals surface area contributed by atoms with E-state index in [0.717, 1.165) is 11.0 Å². The highest BCUT2D eigenvalue weighted by Crippen LogP contribution is 2.28. The molecule has 0 bridgehead atoms. The van der Waals surface area contributed by atoms with Crippen LogP contribution in [0.4, 0.5) is 5.95 Å². The number of anilines is 1. The Balaban J connectivity index is 1.77. The fraction of sp³-hybridized carbons (Fsp3) is 0.375. The van der Waals surface area contributed by atoms with Crippen molar-refractivity contribution in [3.8, 4) is 11.5 Å². The minimum Gasteiger partial charge on any atom is -0.490 e. The summed E-state index contributed by atoms with van der Waals surface area (Å²) in [5.41, 5.74) is 1.97. The van der Waals surface area contributed by atoms with Gasteiger partial charge in [-0.25, -0.2) is 4.98 Å². The molecule has 3 aromatic rings. The van der Waals surface area contributed by atoms with Gasteiger partial charge in [0.25, 0.3) is 5.91 Å². The molecule has 0 saturated heterocycles. The Kier molecular flexibility index (Phi) is 7.70. The van der Waals surface area contributed by atoms with Gasteiger partial charge in [0.15, 0.2) is 11.5 Å². The van der Waals surface area contributed by atoms with E-state index in [1.54, 1.807) is 18.2 Å². The number of amides is 2. The van der Waals surface area contributed by atoms with Gasteiger partial charge in [0, 0.05) is 5.56 Å². The number of imidazole rings is 1. The van der Waals surface area contributed by atoms with Crippen LogP contribution in [-0.2, 0) is 4.79 Å². The van der Waals surface area contributed by atoms with Crippen molar-refractivity contribution < 1.29 is 19.1 Å². The third-order valence-corrected chi connectivity index (χ3v) is 5.22. The number of aromatic nitrogens is 2. The highest BCUT2D eigenvalue weighted by atomic mass is 16.5. The zero-order valence-corrected chi connectivity index (χ0v) is 18.9. The molecule has 8 heteroatoms. The second-order valence-corrected chi connectivity index (χ2v) is 7.46. The number of hydrogen-bond acceptors (Lipinski definition) is 5. The zero-order chi connectivity index (χ0) is 23.1. The van der Waals surface area contributed by atoms with Crippen LogP contribution in [0.3, 0.4) is 0 Å². The molecule has 3 N–H and O–H groups in total. The van der Waals surface area contributed by atoms with Gasteiger partial charge in [-0.1, -0.05) is 32.4 Å². The van der Waals surface area contributed by atoms with Crippen LogP contribution in [-0.4, -0.2) is 41.0 Å². The fourth-order valence-electron chi connectivity index (χ4n) is 3.33. The molecule has 0 fully saturated rings. The number of carbonyl (C=O) groups excluding carboxylic acids is 2. The summed E-state index contributed by atoms with van der Waals surface area (Å²) in [4.78, 5) is 33.5. The number of nitrogens with zero attached hydrogens (tertiary/aromatic N) is 1. The predicted molar refractivity (Wildman–Crippen MR) is 124 cm³/mol. The number of benzene rings is 2. The summed E-state index contributed by atoms with van der Waals surface area (Å²) >= 11 is 0. The maximum atomic E-state index is 13.0. The molecule has 1 heterocycles. The molecular weight excluding hydrogens is 408 g/mol. The van der Waals surface area contributed by atoms with Gasteiger partial charge in [0.1, 0.15) is 6.04 Å². The molecule has 0 radical (unpaired) electrons. The van der Waals surface area contributed by atoms with Crippen LogP contribution >= 0.6 is 0 Å². The topological polar surface area (TPSA) is 105 Å². The number of ether oxygens (including phenoxy) is 2. The molecule has 0 aliphatic rings. The molecule has 0 unspecified atom stereocenters. The Morgan fingerprint density at radius 3 is 2.44 bits per heavy atom. The molecule has 2 atom stereocenters. The van der Waals surface area contributed by atoms with Crippen molar-refractivity contribution in [1.82, 2.24) is 15.3 Å². The summed E-state index contributed by atoms with van der Waals surface area (Å²) in [7, 11) is 0. The number of hydrogen-bond donors (Lipinski definition) is 3. The van der Waals surface area contributed by atoms with E-state index in [0.29, 0.717) is 42.6 Å². The molecule has 0 spiro atoms. The van der Waals surface area contributed by atoms with Gasteiger partial charge in [-0.2, -0.15) is 0 Å². The second-order valence-electron chi connectivity index (χ2n) is 7.46. The smallest absolute Gasteiger partial charge is 0.252 e. The SMILES string of the molecule is CCOc1ccc(C(=O)N[C@H](C(=O)Nc2nc3ccccc3[nH]2)[C@@H](C)CC)cc1OCC. The first-order valence-electron chi connectivity index (χ1n) is 10.9. The second kappa shape index (κ2) is 10.7. The van der Waals surface area contributed by atoms with Gasteiger partial charge >= 0.3 is 0 Å². The van der Waals surface area contributed by atoms with Crippen LogP contribution < -0.4 is 20.1 Å². The van der Waals surface area contributed by atoms with Crippen molar-refractivity contribution in [2.75, 3.05) is 18.5 Å². The maximum absolute atomic E-state index is 13.0. The maximum Gasteiger partial charge on any atom is 0.252 e. The van der Waals surface area contributed by atoms with Crippen molar-refractivity contribution in [1.29, 1.82) is 0 Å². The molecule has 1 aromatic heterocycles. The van der Waals surface area contributed by atoms with Gasteiger partial charge in [-0.15, -0.1) is 0 Å². The minimum absolute atomic E-state index is 0.0858. The van der Waals surface area contributed by atoms with Crippen LogP contribution in [0.5, 0.6) is 11.5 Å². The molecule has 170 valence electrons. The Hall–Kier alpha value is -3.55. The normalized spacial score (nSPS) is 12.8. The van der Waals surface area contributed by atoms with Crippen LogP contribution in [0.15, 0.2) is 42.5 Å². The average molecular weight is 439 g/mol. The van der Waals surface area contributed by atoms with Crippen LogP contribution in [0.1, 0.15) is 44.5 Å². The quantitative estimate of drug-likeness (QED) is 0.441. The summed E-state index contributed by atoms with van der Waals surface area (Å²) in [6.45, 7) is 8.58. The number of fused-ring (bicyclic) bond motifs is 1. The van der Waals surface area contributed by atoms with Gasteiger partial charge in [-0.3, -0.25) is 14.9 Å². The van der Waals surface area contributed by atoms with Crippen molar-refractivity contribution in [3.05, 3.63) is 48.0 Å². The first-order chi connectivity index (χ1) is 15.5. The number of aromatic amines is 1. The summed E-state index contributed by atoms with van der Waals surface area (Å²) in [6, 6.07) is 11.8. The van der Waals surface area contributed by atoms with Crippen molar-refractivity contribution in [3.63, 3.8) is 0 Å². The number of H-pyrrole nitrogens is 1. The lowest BCUT2D eigenvalue weighted by Gasteiger charge is -2.23. The lowest BCUT2D eigenvalue weighted by Crippen LogP contribution is -2.47. The van der Waals surface area contributed by atoms with E-state index in [1.165, 1.54) is 0 Å². The third kappa shape index (κ3) is 5.38. The minimum atomic E-state index is -0.733. The Bertz CT molecular complexity index is 1050. The first kappa shape index (κ1) is 23.1. The van der Waals surface area contributed by atoms with Crippen LogP contribution in [0.2, 0.25) is 0 Å². The largest absolute Gasteiger partial charge is 0.490 e. The van der Waals surface area contributed by atoms with Gasteiger partial charge in [0.2, 0.25) is 11.9 Å². The van der Waals surface area contributed by atoms with E-state index >= 15 is 0 Å². The van der Waals surface area contributed by atoms with Gasteiger partial charge in [0.05, 0.1) is 24.2 Å². The summed E-state index contributed by atoms with van der Waals surface area (Å²) in [5.74, 6) is 0.637. The Morgan fingerprint density at radius 2 is 1.75 bits per heavy atom. The average Bonchev–Trinajstić information content (AvgIpc) is 3.20. The lowest BCUT2D eigenvalue weighted by molar-refractivity contribution is -0.119. The van der Waals surface area contributed by atoms with Crippen molar-refractivity contribution >= 4 is 28.8 Å². The number of nitrogens with one attached hydrogen (secondary N) is 3. The van der Waals surface area contributed by atoms with Gasteiger partial charge in [-0.05, 0) is 50.1 Å². The zero-order valence-electron chi connectivity index (χ0n) is 18.9. The van der Waals surface area contributed by atoms with Gasteiger partial charge < -0.3 is 19.8 Å². The predicted octanol–water partition coefficient (Wildman–Crippen LogP) is 4.14. The number of carbonyl (C=O) groups is 2. The summed E-state index contributed by atoms with van der Waals surface area (Å²) in [6.07, 6.45) is 0.714. The van der Waals surface area contributed by atoms with Crippen LogP contribution in [0.25, 0.3) is 11.0 Å². The molecular formula is C24H30N4O4. The van der Waals surface area contributed by atoms with E-state index in [-0.39, 0.29) is 17.7 Å². The summed E-state index contributed by atoms with van der Waals surface area (Å²) in [5, 5.41) is 5.67. The molecule has 0 aliphatic heterocycles. The van der Waals surface area contributed by atoms with E-state index in [9.17, 15) is 9.59 Å². The highest BCUT2D eigenvalue weighted by molar-refractivity contribution is 6.01. The first-order valence-corrected chi connectivity index (χ1v) is 10.9. The Labute approximate surface area is 187 Å². The lowest BCUT2D eigenvalue weighted by atomic mass is 9.98. The van der Waals surface area contributed by atoms with E-state index in [1.807, 2.05) is 52.0 Å². The molecule has 3 rings (SSSR count). The van der Waals surface area contributed by atoms with E-state index < -0.39 is 6.04 Å². The van der Waals surface area contributed by atoms with E-state index in [4.69, 9.17) is 9.47 Å². The molecule has 0 saturated carbocycles. The van der Waals surface area contributed by atoms with Crippen LogP contribution in [0, 0.1) is 5.92 Å². The fourth-order valence-corrected chi connectivity index (χ4v) is 3.33. The third-order valence-electron chi connectivity index (χ3n) is 5.22. The standard InChI is InChI=1S/C24H30N4O4/c1-5-15(4)21(23(30)28-24-25-17-10-8-9-11-18(17)26-24)27-22(29)16-12-13-19(31-6-2)20(14-16)32-7-3/h8-15,21H,5-7H2,1-4H3,(H,27,29)(H2,25,26,28,30)/t15-,21-/m0/s1.